The predicted octanol–water partition coefficient (Wildman–Crippen LogP) is 1.33. The summed E-state index contributed by atoms with van der Waals surface area (Å²) in [7, 11) is 2.22. The van der Waals surface area contributed by atoms with Gasteiger partial charge in [-0.2, -0.15) is 5.10 Å². The molecule has 0 aliphatic carbocycles. The van der Waals surface area contributed by atoms with Crippen LogP contribution < -0.4 is 5.32 Å². The largest absolute Gasteiger partial charge is 0.312 e. The van der Waals surface area contributed by atoms with Crippen LogP contribution in [0.5, 0.6) is 0 Å². The van der Waals surface area contributed by atoms with Crippen LogP contribution >= 0.6 is 0 Å². The molecule has 0 unspecified atom stereocenters. The summed E-state index contributed by atoms with van der Waals surface area (Å²) in [6, 6.07) is 0. The maximum atomic E-state index is 4.28. The van der Waals surface area contributed by atoms with Gasteiger partial charge in [-0.25, -0.2) is 0 Å². The van der Waals surface area contributed by atoms with E-state index in [0.29, 0.717) is 0 Å². The molecule has 1 saturated heterocycles. The SMILES string of the molecule is CCn1cc(CNC[C@H]2CCCN(C)C2)cn1. The molecule has 17 heavy (non-hydrogen) atoms. The first-order chi connectivity index (χ1) is 8.28. The van der Waals surface area contributed by atoms with E-state index in [4.69, 9.17) is 0 Å². The topological polar surface area (TPSA) is 33.1 Å². The highest BCUT2D eigenvalue weighted by Crippen LogP contribution is 2.13. The Morgan fingerprint density at radius 3 is 3.12 bits per heavy atom. The molecule has 1 aromatic rings. The van der Waals surface area contributed by atoms with Crippen LogP contribution in [0.2, 0.25) is 0 Å². The van der Waals surface area contributed by atoms with Gasteiger partial charge >= 0.3 is 0 Å². The highest BCUT2D eigenvalue weighted by atomic mass is 15.3. The van der Waals surface area contributed by atoms with Crippen LogP contribution in [-0.4, -0.2) is 41.4 Å². The third-order valence-corrected chi connectivity index (χ3v) is 3.49. The molecule has 0 aromatic carbocycles. The normalized spacial score (nSPS) is 21.9. The Kier molecular flexibility index (Phi) is 4.57. The summed E-state index contributed by atoms with van der Waals surface area (Å²) in [4.78, 5) is 2.44. The Hall–Kier alpha value is -0.870. The number of hydrogen-bond donors (Lipinski definition) is 1. The van der Waals surface area contributed by atoms with Crippen molar-refractivity contribution in [2.45, 2.75) is 32.9 Å². The fraction of sp³-hybridized carbons (Fsp3) is 0.769. The maximum Gasteiger partial charge on any atom is 0.0534 e. The van der Waals surface area contributed by atoms with Crippen LogP contribution in [0.4, 0.5) is 0 Å². The smallest absolute Gasteiger partial charge is 0.0534 e. The third kappa shape index (κ3) is 3.82. The van der Waals surface area contributed by atoms with Crippen LogP contribution in [0.15, 0.2) is 12.4 Å². The van der Waals surface area contributed by atoms with Crippen LogP contribution in [0, 0.1) is 5.92 Å². The van der Waals surface area contributed by atoms with Gasteiger partial charge in [0, 0.05) is 31.4 Å². The lowest BCUT2D eigenvalue weighted by molar-refractivity contribution is 0.206. The number of aromatic nitrogens is 2. The van der Waals surface area contributed by atoms with Gasteiger partial charge in [-0.15, -0.1) is 0 Å². The minimum Gasteiger partial charge on any atom is -0.312 e. The molecule has 4 nitrogen and oxygen atoms in total. The molecule has 0 spiro atoms. The summed E-state index contributed by atoms with van der Waals surface area (Å²) in [5, 5.41) is 7.83. The van der Waals surface area contributed by atoms with Gasteiger partial charge in [0.1, 0.15) is 0 Å². The predicted molar refractivity (Wildman–Crippen MR) is 69.8 cm³/mol. The van der Waals surface area contributed by atoms with Gasteiger partial charge in [0.05, 0.1) is 6.20 Å². The first-order valence-corrected chi connectivity index (χ1v) is 6.68. The number of nitrogens with zero attached hydrogens (tertiary/aromatic N) is 3. The highest BCUT2D eigenvalue weighted by Gasteiger charge is 2.16. The molecular formula is C13H24N4. The van der Waals surface area contributed by atoms with Gasteiger partial charge in [0.15, 0.2) is 0 Å². The van der Waals surface area contributed by atoms with Crippen LogP contribution in [0.3, 0.4) is 0 Å². The van der Waals surface area contributed by atoms with Crippen molar-refractivity contribution in [3.8, 4) is 0 Å². The minimum absolute atomic E-state index is 0.815. The summed E-state index contributed by atoms with van der Waals surface area (Å²) in [5.41, 5.74) is 1.29. The van der Waals surface area contributed by atoms with Crippen molar-refractivity contribution in [3.63, 3.8) is 0 Å². The second-order valence-electron chi connectivity index (χ2n) is 5.11. The van der Waals surface area contributed by atoms with Gasteiger partial charge in [0.2, 0.25) is 0 Å². The molecule has 96 valence electrons. The number of likely N-dealkylation sites (tertiary alicyclic amines) is 1. The molecular weight excluding hydrogens is 212 g/mol. The Bertz CT molecular complexity index is 334. The molecule has 0 radical (unpaired) electrons. The van der Waals surface area contributed by atoms with Crippen LogP contribution in [0.1, 0.15) is 25.3 Å². The van der Waals surface area contributed by atoms with Crippen LogP contribution in [0.25, 0.3) is 0 Å². The van der Waals surface area contributed by atoms with E-state index in [1.807, 2.05) is 10.9 Å². The zero-order chi connectivity index (χ0) is 12.1. The van der Waals surface area contributed by atoms with Gasteiger partial charge in [-0.3, -0.25) is 4.68 Å². The van der Waals surface area contributed by atoms with Gasteiger partial charge in [-0.1, -0.05) is 0 Å². The van der Waals surface area contributed by atoms with Crippen molar-refractivity contribution in [2.75, 3.05) is 26.7 Å². The maximum absolute atomic E-state index is 4.28. The number of nitrogens with one attached hydrogen (secondary N) is 1. The molecule has 1 aliphatic rings. The van der Waals surface area contributed by atoms with Gasteiger partial charge in [-0.05, 0) is 45.8 Å². The molecule has 1 atom stereocenters. The van der Waals surface area contributed by atoms with Gasteiger partial charge in [0.25, 0.3) is 0 Å². The molecule has 0 amide bonds. The van der Waals surface area contributed by atoms with Crippen molar-refractivity contribution in [2.24, 2.45) is 5.92 Å². The summed E-state index contributed by atoms with van der Waals surface area (Å²) in [5.74, 6) is 0.815. The van der Waals surface area contributed by atoms with Crippen LogP contribution in [-0.2, 0) is 13.1 Å². The van der Waals surface area contributed by atoms with E-state index in [-0.39, 0.29) is 0 Å². The number of piperidine rings is 1. The van der Waals surface area contributed by atoms with E-state index in [2.05, 4.69) is 35.5 Å². The van der Waals surface area contributed by atoms with E-state index in [0.717, 1.165) is 25.6 Å². The van der Waals surface area contributed by atoms with E-state index < -0.39 is 0 Å². The average Bonchev–Trinajstić information content (AvgIpc) is 2.77. The van der Waals surface area contributed by atoms with E-state index in [1.165, 1.54) is 31.5 Å². The molecule has 1 N–H and O–H groups in total. The standard InChI is InChI=1S/C13H24N4/c1-3-17-11-13(9-15-17)8-14-7-12-5-4-6-16(2)10-12/h9,11-12,14H,3-8,10H2,1-2H3/t12-/m1/s1. The first kappa shape index (κ1) is 12.6. The van der Waals surface area contributed by atoms with Crippen molar-refractivity contribution in [3.05, 3.63) is 18.0 Å². The summed E-state index contributed by atoms with van der Waals surface area (Å²) < 4.78 is 1.98. The Balaban J connectivity index is 1.68. The minimum atomic E-state index is 0.815. The lowest BCUT2D eigenvalue weighted by atomic mass is 9.98. The molecule has 4 heteroatoms. The second-order valence-corrected chi connectivity index (χ2v) is 5.11. The van der Waals surface area contributed by atoms with Crippen molar-refractivity contribution < 1.29 is 0 Å². The summed E-state index contributed by atoms with van der Waals surface area (Å²) in [6.45, 7) is 7.64. The van der Waals surface area contributed by atoms with E-state index in [9.17, 15) is 0 Å². The quantitative estimate of drug-likeness (QED) is 0.837. The Morgan fingerprint density at radius 2 is 2.41 bits per heavy atom. The number of rotatable bonds is 5. The molecule has 0 saturated carbocycles. The average molecular weight is 236 g/mol. The van der Waals surface area contributed by atoms with Gasteiger partial charge < -0.3 is 10.2 Å². The second kappa shape index (κ2) is 6.17. The fourth-order valence-corrected chi connectivity index (χ4v) is 2.53. The number of hydrogen-bond acceptors (Lipinski definition) is 3. The molecule has 1 aromatic heterocycles. The fourth-order valence-electron chi connectivity index (χ4n) is 2.53. The van der Waals surface area contributed by atoms with Crippen molar-refractivity contribution >= 4 is 0 Å². The molecule has 1 fully saturated rings. The molecule has 2 heterocycles. The lowest BCUT2D eigenvalue weighted by Crippen LogP contribution is -2.37. The zero-order valence-electron chi connectivity index (χ0n) is 11.0. The van der Waals surface area contributed by atoms with E-state index >= 15 is 0 Å². The summed E-state index contributed by atoms with van der Waals surface area (Å²) >= 11 is 0. The Morgan fingerprint density at radius 1 is 1.53 bits per heavy atom. The monoisotopic (exact) mass is 236 g/mol. The lowest BCUT2D eigenvalue weighted by Gasteiger charge is -2.29. The first-order valence-electron chi connectivity index (χ1n) is 6.68. The summed E-state index contributed by atoms with van der Waals surface area (Å²) in [6.07, 6.45) is 6.80. The van der Waals surface area contributed by atoms with E-state index in [1.54, 1.807) is 0 Å². The number of aryl methyl sites for hydroxylation is 1. The molecule has 0 bridgehead atoms. The highest BCUT2D eigenvalue weighted by molar-refractivity contribution is 5.03. The molecule has 1 aliphatic heterocycles. The van der Waals surface area contributed by atoms with Crippen molar-refractivity contribution in [1.29, 1.82) is 0 Å². The zero-order valence-corrected chi connectivity index (χ0v) is 11.0. The molecule has 2 rings (SSSR count). The van der Waals surface area contributed by atoms with Crippen molar-refractivity contribution in [1.82, 2.24) is 20.0 Å². The third-order valence-electron chi connectivity index (χ3n) is 3.49. The Labute approximate surface area is 104 Å².